The number of pyridine rings is 1. The zero-order chi connectivity index (χ0) is 15.8. The minimum Gasteiger partial charge on any atom is -0.299 e. The number of nitrogens with one attached hydrogen (secondary N) is 2. The summed E-state index contributed by atoms with van der Waals surface area (Å²) in [5.74, 6) is -0.883. The smallest absolute Gasteiger partial charge is 0.247 e. The maximum Gasteiger partial charge on any atom is 0.247 e. The van der Waals surface area contributed by atoms with Gasteiger partial charge in [0, 0.05) is 12.4 Å². The number of nitrogens with zero attached hydrogens (tertiary/aromatic N) is 4. The summed E-state index contributed by atoms with van der Waals surface area (Å²) >= 11 is 6.46. The minimum absolute atomic E-state index is 0.0160. The molecule has 0 aliphatic rings. The van der Waals surface area contributed by atoms with E-state index in [0.717, 1.165) is 16.9 Å². The predicted molar refractivity (Wildman–Crippen MR) is 82.9 cm³/mol. The number of amides is 2. The lowest BCUT2D eigenvalue weighted by Crippen LogP contribution is -2.19. The molecule has 0 aromatic carbocycles. The summed E-state index contributed by atoms with van der Waals surface area (Å²) < 4.78 is 0. The molecule has 2 aromatic heterocycles. The molecule has 0 atom stereocenters. The van der Waals surface area contributed by atoms with Crippen LogP contribution in [0.15, 0.2) is 29.6 Å². The third-order valence-corrected chi connectivity index (χ3v) is 3.34. The van der Waals surface area contributed by atoms with Crippen LogP contribution in [0.5, 0.6) is 0 Å². The van der Waals surface area contributed by atoms with E-state index in [4.69, 9.17) is 11.6 Å². The molecule has 0 spiro atoms. The van der Waals surface area contributed by atoms with Gasteiger partial charge >= 0.3 is 0 Å². The fraction of sp³-hybridized carbons (Fsp3) is 0.167. The van der Waals surface area contributed by atoms with Crippen molar-refractivity contribution in [1.82, 2.24) is 20.6 Å². The van der Waals surface area contributed by atoms with Crippen LogP contribution in [0.1, 0.15) is 10.6 Å². The topological polar surface area (TPSA) is 109 Å². The van der Waals surface area contributed by atoms with E-state index in [2.05, 4.69) is 31.0 Å². The average molecular weight is 339 g/mol. The molecule has 114 valence electrons. The maximum atomic E-state index is 11.7. The molecule has 22 heavy (non-hydrogen) atoms. The second-order valence-electron chi connectivity index (χ2n) is 3.93. The Morgan fingerprint density at radius 2 is 2.05 bits per heavy atom. The lowest BCUT2D eigenvalue weighted by Gasteiger charge is -1.96. The number of hydrogen-bond acceptors (Lipinski definition) is 7. The number of aromatic nitrogens is 3. The monoisotopic (exact) mass is 338 g/mol. The van der Waals surface area contributed by atoms with Crippen LogP contribution in [0.4, 0.5) is 5.13 Å². The van der Waals surface area contributed by atoms with Crippen LogP contribution >= 0.6 is 22.9 Å². The van der Waals surface area contributed by atoms with Gasteiger partial charge in [0.25, 0.3) is 0 Å². The van der Waals surface area contributed by atoms with Crippen molar-refractivity contribution in [2.24, 2.45) is 5.10 Å². The Labute approximate surface area is 134 Å². The number of carbonyl (C=O) groups excluding carboxylic acids is 2. The minimum atomic E-state index is -0.379. The summed E-state index contributed by atoms with van der Waals surface area (Å²) in [4.78, 5) is 26.6. The van der Waals surface area contributed by atoms with E-state index in [-0.39, 0.29) is 24.1 Å². The van der Waals surface area contributed by atoms with Gasteiger partial charge in [0.2, 0.25) is 16.9 Å². The van der Waals surface area contributed by atoms with Crippen LogP contribution in [-0.4, -0.2) is 39.1 Å². The predicted octanol–water partition coefficient (Wildman–Crippen LogP) is 0.803. The van der Waals surface area contributed by atoms with Gasteiger partial charge < -0.3 is 0 Å². The van der Waals surface area contributed by atoms with Gasteiger partial charge in [-0.05, 0) is 17.7 Å². The summed E-state index contributed by atoms with van der Waals surface area (Å²) in [7, 11) is 0. The van der Waals surface area contributed by atoms with Crippen molar-refractivity contribution in [3.63, 3.8) is 0 Å². The Hall–Kier alpha value is -2.39. The SMILES string of the molecule is O=C(Cc1nnc(NC(=O)CCl)s1)NN=Cc1ccncc1. The van der Waals surface area contributed by atoms with Gasteiger partial charge in [-0.3, -0.25) is 19.9 Å². The number of hydrogen-bond donors (Lipinski definition) is 2. The summed E-state index contributed by atoms with van der Waals surface area (Å²) in [6.45, 7) is 0. The number of alkyl halides is 1. The van der Waals surface area contributed by atoms with Crippen molar-refractivity contribution in [2.75, 3.05) is 11.2 Å². The summed E-state index contributed by atoms with van der Waals surface area (Å²) in [5, 5.41) is 14.6. The summed E-state index contributed by atoms with van der Waals surface area (Å²) in [5.41, 5.74) is 3.20. The fourth-order valence-corrected chi connectivity index (χ4v) is 2.15. The molecule has 0 fully saturated rings. The van der Waals surface area contributed by atoms with Gasteiger partial charge in [-0.2, -0.15) is 5.10 Å². The summed E-state index contributed by atoms with van der Waals surface area (Å²) in [6, 6.07) is 3.51. The van der Waals surface area contributed by atoms with Gasteiger partial charge in [-0.25, -0.2) is 5.43 Å². The first kappa shape index (κ1) is 16.0. The highest BCUT2D eigenvalue weighted by Gasteiger charge is 2.10. The van der Waals surface area contributed by atoms with Crippen LogP contribution in [0.3, 0.4) is 0 Å². The standard InChI is InChI=1S/C12H11ClN6O2S/c13-6-10(21)16-12-19-18-11(22-12)5-9(20)17-15-7-8-1-3-14-4-2-8/h1-4,7H,5-6H2,(H,17,20)(H,16,19,21). The highest BCUT2D eigenvalue weighted by molar-refractivity contribution is 7.15. The molecule has 0 aliphatic heterocycles. The number of hydrazone groups is 1. The third kappa shape index (κ3) is 5.19. The number of rotatable bonds is 6. The first-order chi connectivity index (χ1) is 10.7. The molecular formula is C12H11ClN6O2S. The Bertz CT molecular complexity index is 675. The number of halogens is 1. The van der Waals surface area contributed by atoms with Crippen molar-refractivity contribution in [1.29, 1.82) is 0 Å². The second kappa shape index (κ2) is 8.15. The number of anilines is 1. The molecule has 0 unspecified atom stereocenters. The molecule has 2 rings (SSSR count). The first-order valence-electron chi connectivity index (χ1n) is 6.07. The average Bonchev–Trinajstić information content (AvgIpc) is 2.95. The quantitative estimate of drug-likeness (QED) is 0.460. The molecule has 2 N–H and O–H groups in total. The molecule has 0 aliphatic carbocycles. The zero-order valence-corrected chi connectivity index (χ0v) is 12.8. The molecule has 0 bridgehead atoms. The molecule has 2 aromatic rings. The number of carbonyl (C=O) groups is 2. The largest absolute Gasteiger partial charge is 0.299 e. The Morgan fingerprint density at radius 3 is 2.77 bits per heavy atom. The van der Waals surface area contributed by atoms with E-state index in [1.54, 1.807) is 24.5 Å². The van der Waals surface area contributed by atoms with Gasteiger partial charge in [0.1, 0.15) is 10.9 Å². The van der Waals surface area contributed by atoms with Crippen LogP contribution in [0.2, 0.25) is 0 Å². The lowest BCUT2D eigenvalue weighted by molar-refractivity contribution is -0.120. The third-order valence-electron chi connectivity index (χ3n) is 2.26. The van der Waals surface area contributed by atoms with Crippen molar-refractivity contribution in [3.05, 3.63) is 35.1 Å². The molecular weight excluding hydrogens is 328 g/mol. The van der Waals surface area contributed by atoms with E-state index in [9.17, 15) is 9.59 Å². The normalized spacial score (nSPS) is 10.6. The van der Waals surface area contributed by atoms with E-state index in [1.165, 1.54) is 6.21 Å². The first-order valence-corrected chi connectivity index (χ1v) is 7.42. The van der Waals surface area contributed by atoms with Crippen LogP contribution < -0.4 is 10.7 Å². The highest BCUT2D eigenvalue weighted by Crippen LogP contribution is 2.15. The van der Waals surface area contributed by atoms with E-state index >= 15 is 0 Å². The van der Waals surface area contributed by atoms with Gasteiger partial charge in [0.15, 0.2) is 0 Å². The Morgan fingerprint density at radius 1 is 1.27 bits per heavy atom. The van der Waals surface area contributed by atoms with E-state index in [0.29, 0.717) is 10.1 Å². The molecule has 10 heteroatoms. The molecule has 2 amide bonds. The fourth-order valence-electron chi connectivity index (χ4n) is 1.33. The lowest BCUT2D eigenvalue weighted by atomic mass is 10.3. The molecule has 2 heterocycles. The zero-order valence-electron chi connectivity index (χ0n) is 11.2. The van der Waals surface area contributed by atoms with Crippen molar-refractivity contribution >= 4 is 46.1 Å². The van der Waals surface area contributed by atoms with Gasteiger partial charge in [0.05, 0.1) is 12.6 Å². The van der Waals surface area contributed by atoms with Crippen molar-refractivity contribution in [3.8, 4) is 0 Å². The van der Waals surface area contributed by atoms with Crippen LogP contribution in [-0.2, 0) is 16.0 Å². The van der Waals surface area contributed by atoms with Crippen LogP contribution in [0, 0.1) is 0 Å². The molecule has 0 saturated carbocycles. The summed E-state index contributed by atoms with van der Waals surface area (Å²) in [6.07, 6.45) is 4.77. The van der Waals surface area contributed by atoms with Crippen molar-refractivity contribution in [2.45, 2.75) is 6.42 Å². The van der Waals surface area contributed by atoms with Gasteiger partial charge in [-0.15, -0.1) is 21.8 Å². The van der Waals surface area contributed by atoms with E-state index in [1.807, 2.05) is 0 Å². The molecule has 0 radical (unpaired) electrons. The Kier molecular flexibility index (Phi) is 5.92. The molecule has 8 nitrogen and oxygen atoms in total. The highest BCUT2D eigenvalue weighted by atomic mass is 35.5. The second-order valence-corrected chi connectivity index (χ2v) is 5.26. The van der Waals surface area contributed by atoms with Crippen molar-refractivity contribution < 1.29 is 9.59 Å². The maximum absolute atomic E-state index is 11.7. The molecule has 0 saturated heterocycles. The van der Waals surface area contributed by atoms with Crippen LogP contribution in [0.25, 0.3) is 0 Å². The van der Waals surface area contributed by atoms with E-state index < -0.39 is 0 Å². The van der Waals surface area contributed by atoms with Gasteiger partial charge in [-0.1, -0.05) is 11.3 Å². The Balaban J connectivity index is 1.82.